The van der Waals surface area contributed by atoms with Crippen LogP contribution < -0.4 is 10.1 Å². The number of carbonyl (C=O) groups excluding carboxylic acids is 1. The number of aryl methyl sites for hydroxylation is 1. The molecule has 0 radical (unpaired) electrons. The Balaban J connectivity index is 1.51. The first-order valence-electron chi connectivity index (χ1n) is 11.4. The zero-order valence-electron chi connectivity index (χ0n) is 19.4. The van der Waals surface area contributed by atoms with Gasteiger partial charge in [-0.25, -0.2) is 9.97 Å². The van der Waals surface area contributed by atoms with Crippen LogP contribution in [0.15, 0.2) is 42.5 Å². The standard InChI is InChI=1S/C26H28ClN3O3S/c1-32-20-14-13-17(15-19(20)27)16-28-25-24-18-9-7-8-10-21(18)34-26(24)30-22(29-25)11-5-3-4-6-12-23(31)33-2/h7-10,13-15H,3-6,11-12,16H2,1-2H3,(H,28,29,30). The Morgan fingerprint density at radius 1 is 1.06 bits per heavy atom. The number of thiophene rings is 1. The summed E-state index contributed by atoms with van der Waals surface area (Å²) in [4.78, 5) is 22.0. The van der Waals surface area contributed by atoms with Crippen molar-refractivity contribution in [2.75, 3.05) is 19.5 Å². The highest BCUT2D eigenvalue weighted by Crippen LogP contribution is 2.36. The normalized spacial score (nSPS) is 11.1. The smallest absolute Gasteiger partial charge is 0.305 e. The van der Waals surface area contributed by atoms with Crippen LogP contribution in [0.1, 0.15) is 43.5 Å². The fraction of sp³-hybridized carbons (Fsp3) is 0.346. The Morgan fingerprint density at radius 2 is 1.88 bits per heavy atom. The fourth-order valence-electron chi connectivity index (χ4n) is 3.92. The highest BCUT2D eigenvalue weighted by Gasteiger charge is 2.14. The Labute approximate surface area is 208 Å². The van der Waals surface area contributed by atoms with Crippen LogP contribution in [0.5, 0.6) is 5.75 Å². The number of benzene rings is 2. The highest BCUT2D eigenvalue weighted by atomic mass is 35.5. The fourth-order valence-corrected chi connectivity index (χ4v) is 5.30. The van der Waals surface area contributed by atoms with Crippen molar-refractivity contribution < 1.29 is 14.3 Å². The number of ether oxygens (including phenoxy) is 2. The van der Waals surface area contributed by atoms with Gasteiger partial charge < -0.3 is 14.8 Å². The summed E-state index contributed by atoms with van der Waals surface area (Å²) in [6, 6.07) is 14.1. The minimum atomic E-state index is -0.146. The summed E-state index contributed by atoms with van der Waals surface area (Å²) in [7, 11) is 3.04. The van der Waals surface area contributed by atoms with Gasteiger partial charge in [-0.3, -0.25) is 4.79 Å². The van der Waals surface area contributed by atoms with Gasteiger partial charge in [0.1, 0.15) is 22.2 Å². The summed E-state index contributed by atoms with van der Waals surface area (Å²) in [5.41, 5.74) is 1.05. The third-order valence-corrected chi connectivity index (χ3v) is 7.08. The van der Waals surface area contributed by atoms with Gasteiger partial charge in [-0.15, -0.1) is 11.3 Å². The van der Waals surface area contributed by atoms with Crippen molar-refractivity contribution in [3.8, 4) is 5.75 Å². The zero-order valence-corrected chi connectivity index (χ0v) is 21.0. The van der Waals surface area contributed by atoms with Crippen molar-refractivity contribution >= 4 is 55.0 Å². The predicted molar refractivity (Wildman–Crippen MR) is 139 cm³/mol. The maximum absolute atomic E-state index is 11.3. The van der Waals surface area contributed by atoms with Crippen LogP contribution in [-0.2, 0) is 22.5 Å². The lowest BCUT2D eigenvalue weighted by molar-refractivity contribution is -0.140. The number of hydrogen-bond donors (Lipinski definition) is 1. The SMILES string of the molecule is COC(=O)CCCCCCc1nc(NCc2ccc(OC)c(Cl)c2)c2c(n1)sc1ccccc12. The number of nitrogens with zero attached hydrogens (tertiary/aromatic N) is 2. The average Bonchev–Trinajstić information content (AvgIpc) is 3.23. The Bertz CT molecular complexity index is 1290. The molecule has 2 heterocycles. The number of fused-ring (bicyclic) bond motifs is 3. The van der Waals surface area contributed by atoms with Gasteiger partial charge in [-0.1, -0.05) is 48.7 Å². The minimum absolute atomic E-state index is 0.146. The van der Waals surface area contributed by atoms with Crippen LogP contribution in [0.3, 0.4) is 0 Å². The van der Waals surface area contributed by atoms with Crippen LogP contribution in [0.4, 0.5) is 5.82 Å². The van der Waals surface area contributed by atoms with Crippen molar-refractivity contribution in [1.29, 1.82) is 0 Å². The molecule has 8 heteroatoms. The van der Waals surface area contributed by atoms with E-state index in [1.807, 2.05) is 30.3 Å². The van der Waals surface area contributed by atoms with E-state index in [9.17, 15) is 4.79 Å². The number of halogens is 1. The number of unbranched alkanes of at least 4 members (excludes halogenated alkanes) is 3. The quantitative estimate of drug-likeness (QED) is 0.182. The topological polar surface area (TPSA) is 73.3 Å². The minimum Gasteiger partial charge on any atom is -0.495 e. The van der Waals surface area contributed by atoms with Gasteiger partial charge >= 0.3 is 5.97 Å². The third kappa shape index (κ3) is 5.77. The van der Waals surface area contributed by atoms with Crippen molar-refractivity contribution in [3.63, 3.8) is 0 Å². The molecule has 6 nitrogen and oxygen atoms in total. The van der Waals surface area contributed by atoms with Crippen LogP contribution in [-0.4, -0.2) is 30.2 Å². The molecule has 34 heavy (non-hydrogen) atoms. The zero-order chi connectivity index (χ0) is 23.9. The van der Waals surface area contributed by atoms with E-state index in [4.69, 9.17) is 31.0 Å². The molecule has 0 aliphatic carbocycles. The van der Waals surface area contributed by atoms with Gasteiger partial charge in [0, 0.05) is 29.5 Å². The summed E-state index contributed by atoms with van der Waals surface area (Å²) >= 11 is 8.00. The largest absolute Gasteiger partial charge is 0.495 e. The van der Waals surface area contributed by atoms with E-state index in [0.717, 1.165) is 64.9 Å². The van der Waals surface area contributed by atoms with Gasteiger partial charge in [0.05, 0.1) is 24.6 Å². The lowest BCUT2D eigenvalue weighted by Gasteiger charge is -2.11. The molecule has 2 aromatic heterocycles. The average molecular weight is 498 g/mol. The molecule has 0 amide bonds. The number of nitrogens with one attached hydrogen (secondary N) is 1. The second-order valence-corrected chi connectivity index (χ2v) is 9.52. The number of hydrogen-bond acceptors (Lipinski definition) is 7. The molecule has 0 atom stereocenters. The third-order valence-electron chi connectivity index (χ3n) is 5.72. The van der Waals surface area contributed by atoms with Crippen molar-refractivity contribution in [2.45, 2.75) is 45.1 Å². The molecule has 0 bridgehead atoms. The number of anilines is 1. The molecule has 4 aromatic rings. The molecule has 2 aromatic carbocycles. The lowest BCUT2D eigenvalue weighted by atomic mass is 10.1. The first-order chi connectivity index (χ1) is 16.6. The molecule has 0 saturated heterocycles. The number of rotatable bonds is 11. The monoisotopic (exact) mass is 497 g/mol. The van der Waals surface area contributed by atoms with E-state index < -0.39 is 0 Å². The van der Waals surface area contributed by atoms with Crippen LogP contribution in [0, 0.1) is 0 Å². The summed E-state index contributed by atoms with van der Waals surface area (Å²) in [5, 5.41) is 6.33. The summed E-state index contributed by atoms with van der Waals surface area (Å²) in [6.07, 6.45) is 5.11. The van der Waals surface area contributed by atoms with Gasteiger partial charge in [-0.2, -0.15) is 0 Å². The number of esters is 1. The van der Waals surface area contributed by atoms with Crippen molar-refractivity contribution in [2.24, 2.45) is 0 Å². The van der Waals surface area contributed by atoms with E-state index >= 15 is 0 Å². The summed E-state index contributed by atoms with van der Waals surface area (Å²) in [6.45, 7) is 0.590. The molecule has 0 aliphatic rings. The summed E-state index contributed by atoms with van der Waals surface area (Å²) < 4.78 is 11.2. The number of methoxy groups -OCH3 is 2. The molecule has 1 N–H and O–H groups in total. The first kappa shape index (κ1) is 24.2. The molecule has 0 saturated carbocycles. The van der Waals surface area contributed by atoms with Gasteiger partial charge in [0.2, 0.25) is 0 Å². The highest BCUT2D eigenvalue weighted by molar-refractivity contribution is 7.25. The van der Waals surface area contributed by atoms with Crippen LogP contribution in [0.2, 0.25) is 5.02 Å². The van der Waals surface area contributed by atoms with Crippen molar-refractivity contribution in [3.05, 3.63) is 58.9 Å². The summed E-state index contributed by atoms with van der Waals surface area (Å²) in [5.74, 6) is 2.19. The number of aromatic nitrogens is 2. The molecule has 0 unspecified atom stereocenters. The van der Waals surface area contributed by atoms with Crippen molar-refractivity contribution in [1.82, 2.24) is 9.97 Å². The van der Waals surface area contributed by atoms with E-state index in [0.29, 0.717) is 23.7 Å². The second-order valence-electron chi connectivity index (χ2n) is 8.08. The molecular formula is C26H28ClN3O3S. The van der Waals surface area contributed by atoms with E-state index in [1.165, 1.54) is 11.8 Å². The second kappa shape index (κ2) is 11.5. The molecule has 0 spiro atoms. The lowest BCUT2D eigenvalue weighted by Crippen LogP contribution is -2.05. The Hall–Kier alpha value is -2.90. The Kier molecular flexibility index (Phi) is 8.19. The molecule has 0 aliphatic heterocycles. The molecule has 178 valence electrons. The van der Waals surface area contributed by atoms with Gasteiger partial charge in [-0.05, 0) is 36.6 Å². The molecular weight excluding hydrogens is 470 g/mol. The molecule has 4 rings (SSSR count). The van der Waals surface area contributed by atoms with Gasteiger partial charge in [0.25, 0.3) is 0 Å². The maximum atomic E-state index is 11.3. The van der Waals surface area contributed by atoms with E-state index in [1.54, 1.807) is 18.4 Å². The number of carbonyl (C=O) groups is 1. The first-order valence-corrected chi connectivity index (χ1v) is 12.6. The van der Waals surface area contributed by atoms with Crippen LogP contribution in [0.25, 0.3) is 20.3 Å². The maximum Gasteiger partial charge on any atom is 0.305 e. The predicted octanol–water partition coefficient (Wildman–Crippen LogP) is 6.78. The Morgan fingerprint density at radius 3 is 2.68 bits per heavy atom. The molecule has 0 fully saturated rings. The van der Waals surface area contributed by atoms with E-state index in [2.05, 4.69) is 17.4 Å². The van der Waals surface area contributed by atoms with Gasteiger partial charge in [0.15, 0.2) is 0 Å². The van der Waals surface area contributed by atoms with E-state index in [-0.39, 0.29) is 5.97 Å². The van der Waals surface area contributed by atoms with Crippen LogP contribution >= 0.6 is 22.9 Å².